The van der Waals surface area contributed by atoms with Gasteiger partial charge in [-0.1, -0.05) is 26.0 Å². The largest absolute Gasteiger partial charge is 0.379 e. The molecule has 0 aliphatic carbocycles. The van der Waals surface area contributed by atoms with Gasteiger partial charge in [-0.15, -0.1) is 24.0 Å². The van der Waals surface area contributed by atoms with Crippen molar-refractivity contribution < 1.29 is 4.74 Å². The number of halogens is 1. The minimum absolute atomic E-state index is 0. The van der Waals surface area contributed by atoms with Gasteiger partial charge in [-0.3, -0.25) is 4.90 Å². The van der Waals surface area contributed by atoms with Crippen molar-refractivity contribution in [3.8, 4) is 6.07 Å². The Morgan fingerprint density at radius 3 is 2.46 bits per heavy atom. The van der Waals surface area contributed by atoms with Crippen LogP contribution in [0.3, 0.4) is 0 Å². The molecule has 2 rings (SSSR count). The molecule has 0 bridgehead atoms. The first-order valence-corrected chi connectivity index (χ1v) is 9.95. The molecule has 7 heteroatoms. The van der Waals surface area contributed by atoms with Crippen LogP contribution >= 0.6 is 24.0 Å². The Morgan fingerprint density at radius 2 is 1.89 bits per heavy atom. The summed E-state index contributed by atoms with van der Waals surface area (Å²) in [5, 5.41) is 15.7. The predicted molar refractivity (Wildman–Crippen MR) is 125 cm³/mol. The lowest BCUT2D eigenvalue weighted by Gasteiger charge is -2.35. The molecule has 1 aliphatic rings. The van der Waals surface area contributed by atoms with Crippen LogP contribution in [0.1, 0.15) is 38.3 Å². The summed E-state index contributed by atoms with van der Waals surface area (Å²) >= 11 is 0. The number of hydrogen-bond acceptors (Lipinski definition) is 4. The fourth-order valence-electron chi connectivity index (χ4n) is 3.26. The van der Waals surface area contributed by atoms with Crippen molar-refractivity contribution in [1.29, 1.82) is 5.26 Å². The van der Waals surface area contributed by atoms with Crippen LogP contribution in [0.5, 0.6) is 0 Å². The van der Waals surface area contributed by atoms with E-state index in [0.29, 0.717) is 24.1 Å². The molecular weight excluding hydrogens is 465 g/mol. The number of morpholine rings is 1. The fourth-order valence-corrected chi connectivity index (χ4v) is 3.26. The van der Waals surface area contributed by atoms with Crippen LogP contribution in [0.4, 0.5) is 0 Å². The Labute approximate surface area is 186 Å². The van der Waals surface area contributed by atoms with E-state index in [1.165, 1.54) is 0 Å². The van der Waals surface area contributed by atoms with Gasteiger partial charge in [-0.05, 0) is 37.0 Å². The number of nitrogens with one attached hydrogen (secondary N) is 2. The average Bonchev–Trinajstić information content (AvgIpc) is 2.69. The molecule has 6 nitrogen and oxygen atoms in total. The fraction of sp³-hybridized carbons (Fsp3) is 0.619. The molecule has 0 aromatic heterocycles. The molecule has 0 amide bonds. The Kier molecular flexibility index (Phi) is 12.1. The maximum atomic E-state index is 8.90. The van der Waals surface area contributed by atoms with Gasteiger partial charge in [0.25, 0.3) is 0 Å². The number of nitrogens with zero attached hydrogens (tertiary/aromatic N) is 3. The van der Waals surface area contributed by atoms with Crippen LogP contribution in [-0.4, -0.2) is 56.3 Å². The van der Waals surface area contributed by atoms with Gasteiger partial charge in [0.05, 0.1) is 31.4 Å². The molecule has 1 fully saturated rings. The summed E-state index contributed by atoms with van der Waals surface area (Å²) in [6, 6.07) is 10.2. The third kappa shape index (κ3) is 8.76. The highest BCUT2D eigenvalue weighted by atomic mass is 127. The second kappa shape index (κ2) is 13.7. The first-order chi connectivity index (χ1) is 13.1. The normalized spacial score (nSPS) is 16.2. The zero-order valence-corrected chi connectivity index (χ0v) is 19.6. The van der Waals surface area contributed by atoms with Crippen LogP contribution < -0.4 is 10.6 Å². The molecule has 1 aromatic carbocycles. The molecule has 1 saturated heterocycles. The van der Waals surface area contributed by atoms with Gasteiger partial charge >= 0.3 is 0 Å². The van der Waals surface area contributed by atoms with E-state index in [0.717, 1.165) is 57.3 Å². The summed E-state index contributed by atoms with van der Waals surface area (Å²) in [5.74, 6) is 1.49. The predicted octanol–water partition coefficient (Wildman–Crippen LogP) is 2.98. The Morgan fingerprint density at radius 1 is 1.21 bits per heavy atom. The van der Waals surface area contributed by atoms with E-state index < -0.39 is 0 Å². The van der Waals surface area contributed by atoms with Crippen molar-refractivity contribution in [3.05, 3.63) is 35.4 Å². The van der Waals surface area contributed by atoms with E-state index in [4.69, 9.17) is 15.0 Å². The third-order valence-corrected chi connectivity index (χ3v) is 4.66. The van der Waals surface area contributed by atoms with Gasteiger partial charge in [0.1, 0.15) is 0 Å². The summed E-state index contributed by atoms with van der Waals surface area (Å²) < 4.78 is 5.50. The van der Waals surface area contributed by atoms with E-state index in [9.17, 15) is 0 Å². The summed E-state index contributed by atoms with van der Waals surface area (Å²) in [6.07, 6.45) is 1.15. The number of aliphatic imine (C=N–C) groups is 1. The third-order valence-electron chi connectivity index (χ3n) is 4.66. The number of benzene rings is 1. The number of hydrogen-bond donors (Lipinski definition) is 2. The van der Waals surface area contributed by atoms with Crippen molar-refractivity contribution in [2.75, 3.05) is 39.4 Å². The molecule has 1 unspecified atom stereocenters. The monoisotopic (exact) mass is 499 g/mol. The summed E-state index contributed by atoms with van der Waals surface area (Å²) in [5.41, 5.74) is 1.77. The zero-order valence-electron chi connectivity index (χ0n) is 17.3. The number of ether oxygens (including phenoxy) is 1. The van der Waals surface area contributed by atoms with Gasteiger partial charge in [-0.2, -0.15) is 5.26 Å². The molecule has 2 N–H and O–H groups in total. The molecule has 1 aromatic rings. The van der Waals surface area contributed by atoms with Crippen molar-refractivity contribution >= 4 is 29.9 Å². The van der Waals surface area contributed by atoms with Gasteiger partial charge in [0, 0.05) is 32.2 Å². The number of nitriles is 1. The standard InChI is InChI=1S/C21H33N5O.HI/c1-4-23-21(24-15-19-7-5-18(14-22)6-8-19)25-16-20(13-17(2)3)26-9-11-27-12-10-26;/h5-8,17,20H,4,9-13,15-16H2,1-3H3,(H2,23,24,25);1H. The quantitative estimate of drug-likeness (QED) is 0.327. The van der Waals surface area contributed by atoms with Crippen LogP contribution in [0.25, 0.3) is 0 Å². The lowest BCUT2D eigenvalue weighted by atomic mass is 10.0. The molecule has 1 atom stereocenters. The van der Waals surface area contributed by atoms with Gasteiger partial charge < -0.3 is 15.4 Å². The van der Waals surface area contributed by atoms with Crippen molar-refractivity contribution in [2.24, 2.45) is 10.9 Å². The maximum Gasteiger partial charge on any atom is 0.191 e. The first-order valence-electron chi connectivity index (χ1n) is 9.95. The van der Waals surface area contributed by atoms with Crippen LogP contribution in [-0.2, 0) is 11.3 Å². The Balaban J connectivity index is 0.00000392. The summed E-state index contributed by atoms with van der Waals surface area (Å²) in [4.78, 5) is 7.23. The highest BCUT2D eigenvalue weighted by molar-refractivity contribution is 14.0. The Bertz CT molecular complexity index is 621. The second-order valence-corrected chi connectivity index (χ2v) is 7.32. The molecule has 0 radical (unpaired) electrons. The topological polar surface area (TPSA) is 72.7 Å². The van der Waals surface area contributed by atoms with Crippen molar-refractivity contribution in [1.82, 2.24) is 15.5 Å². The van der Waals surface area contributed by atoms with Gasteiger partial charge in [0.15, 0.2) is 5.96 Å². The summed E-state index contributed by atoms with van der Waals surface area (Å²) in [6.45, 7) is 12.6. The van der Waals surface area contributed by atoms with Gasteiger partial charge in [0.2, 0.25) is 0 Å². The SMILES string of the molecule is CCNC(=NCc1ccc(C#N)cc1)NCC(CC(C)C)N1CCOCC1.I. The van der Waals surface area contributed by atoms with Crippen molar-refractivity contribution in [2.45, 2.75) is 39.8 Å². The molecule has 1 aliphatic heterocycles. The highest BCUT2D eigenvalue weighted by Crippen LogP contribution is 2.13. The van der Waals surface area contributed by atoms with E-state index in [2.05, 4.69) is 42.4 Å². The smallest absolute Gasteiger partial charge is 0.191 e. The lowest BCUT2D eigenvalue weighted by Crippen LogP contribution is -2.51. The molecule has 156 valence electrons. The Hall–Kier alpha value is -1.37. The summed E-state index contributed by atoms with van der Waals surface area (Å²) in [7, 11) is 0. The first kappa shape index (κ1) is 24.7. The van der Waals surface area contributed by atoms with E-state index in [1.807, 2.05) is 24.3 Å². The number of rotatable bonds is 8. The highest BCUT2D eigenvalue weighted by Gasteiger charge is 2.22. The van der Waals surface area contributed by atoms with Crippen molar-refractivity contribution in [3.63, 3.8) is 0 Å². The molecule has 0 spiro atoms. The van der Waals surface area contributed by atoms with E-state index in [1.54, 1.807) is 0 Å². The van der Waals surface area contributed by atoms with E-state index >= 15 is 0 Å². The minimum Gasteiger partial charge on any atom is -0.379 e. The zero-order chi connectivity index (χ0) is 19.5. The lowest BCUT2D eigenvalue weighted by molar-refractivity contribution is 0.0132. The average molecular weight is 499 g/mol. The second-order valence-electron chi connectivity index (χ2n) is 7.32. The minimum atomic E-state index is 0. The maximum absolute atomic E-state index is 8.90. The van der Waals surface area contributed by atoms with Crippen LogP contribution in [0.2, 0.25) is 0 Å². The van der Waals surface area contributed by atoms with Crippen LogP contribution in [0, 0.1) is 17.2 Å². The van der Waals surface area contributed by atoms with Gasteiger partial charge in [-0.25, -0.2) is 4.99 Å². The number of guanidine groups is 1. The molecular formula is C21H34IN5O. The van der Waals surface area contributed by atoms with Crippen LogP contribution in [0.15, 0.2) is 29.3 Å². The van der Waals surface area contributed by atoms with E-state index in [-0.39, 0.29) is 24.0 Å². The molecule has 0 saturated carbocycles. The molecule has 1 heterocycles. The molecule has 28 heavy (non-hydrogen) atoms.